The Morgan fingerprint density at radius 2 is 1.76 bits per heavy atom. The van der Waals surface area contributed by atoms with Crippen LogP contribution < -0.4 is 10.5 Å². The van der Waals surface area contributed by atoms with Gasteiger partial charge < -0.3 is 15.2 Å². The van der Waals surface area contributed by atoms with Crippen LogP contribution in [0.2, 0.25) is 5.02 Å². The standard InChI is InChI=1S/C25H16ClFN4O2/c26-16-2-3-20(27)17(10-16)15-1-4-22-18(9-15)25(13-32-24(28)31-25)19-11-21(30-12-23(19)33-22)14-5-7-29-8-6-14/h1-12H,13H2,(H2,28,31)/t25-/m0/s1. The number of pyridine rings is 2. The third-order valence-corrected chi connectivity index (χ3v) is 6.14. The predicted molar refractivity (Wildman–Crippen MR) is 123 cm³/mol. The Kier molecular flexibility index (Phi) is 4.35. The van der Waals surface area contributed by atoms with E-state index in [0.29, 0.717) is 27.6 Å². The first-order chi connectivity index (χ1) is 16.0. The molecular weight excluding hydrogens is 443 g/mol. The maximum absolute atomic E-state index is 14.6. The van der Waals surface area contributed by atoms with Crippen molar-refractivity contribution in [3.8, 4) is 33.9 Å². The fourth-order valence-electron chi connectivity index (χ4n) is 4.33. The summed E-state index contributed by atoms with van der Waals surface area (Å²) in [6, 6.07) is 15.6. The van der Waals surface area contributed by atoms with Crippen LogP contribution >= 0.6 is 11.6 Å². The van der Waals surface area contributed by atoms with Gasteiger partial charge in [0.05, 0.1) is 11.9 Å². The summed E-state index contributed by atoms with van der Waals surface area (Å²) in [5.41, 5.74) is 9.18. The molecule has 1 spiro atoms. The summed E-state index contributed by atoms with van der Waals surface area (Å²) in [6.45, 7) is 0.184. The van der Waals surface area contributed by atoms with Crippen LogP contribution in [0.15, 0.2) is 78.2 Å². The van der Waals surface area contributed by atoms with E-state index >= 15 is 0 Å². The molecular formula is C25H16ClFN4O2. The lowest BCUT2D eigenvalue weighted by atomic mass is 9.80. The Morgan fingerprint density at radius 1 is 0.939 bits per heavy atom. The van der Waals surface area contributed by atoms with Crippen LogP contribution in [0, 0.1) is 5.82 Å². The minimum atomic E-state index is -0.956. The minimum Gasteiger partial charge on any atom is -0.462 e. The highest BCUT2D eigenvalue weighted by atomic mass is 35.5. The molecule has 33 heavy (non-hydrogen) atoms. The number of benzene rings is 2. The van der Waals surface area contributed by atoms with E-state index in [1.54, 1.807) is 36.8 Å². The number of halogens is 2. The van der Waals surface area contributed by atoms with Gasteiger partial charge in [-0.05, 0) is 54.1 Å². The Morgan fingerprint density at radius 3 is 2.55 bits per heavy atom. The van der Waals surface area contributed by atoms with Gasteiger partial charge in [-0.25, -0.2) is 9.38 Å². The average Bonchev–Trinajstić information content (AvgIpc) is 3.23. The topological polar surface area (TPSA) is 82.6 Å². The number of fused-ring (bicyclic) bond motifs is 4. The predicted octanol–water partition coefficient (Wildman–Crippen LogP) is 5.30. The fourth-order valence-corrected chi connectivity index (χ4v) is 4.50. The largest absolute Gasteiger partial charge is 0.462 e. The van der Waals surface area contributed by atoms with Gasteiger partial charge in [0.25, 0.3) is 6.02 Å². The van der Waals surface area contributed by atoms with E-state index in [-0.39, 0.29) is 18.4 Å². The van der Waals surface area contributed by atoms with Crippen molar-refractivity contribution in [1.82, 2.24) is 9.97 Å². The van der Waals surface area contributed by atoms with Gasteiger partial charge in [0.15, 0.2) is 11.3 Å². The molecule has 4 heterocycles. The Labute approximate surface area is 193 Å². The van der Waals surface area contributed by atoms with E-state index in [1.165, 1.54) is 12.1 Å². The molecule has 0 unspecified atom stereocenters. The Bertz CT molecular complexity index is 1440. The first kappa shape index (κ1) is 19.7. The van der Waals surface area contributed by atoms with Crippen LogP contribution in [0.3, 0.4) is 0 Å². The van der Waals surface area contributed by atoms with Gasteiger partial charge in [-0.1, -0.05) is 17.7 Å². The zero-order chi connectivity index (χ0) is 22.6. The number of hydrogen-bond donors (Lipinski definition) is 1. The number of ether oxygens (including phenoxy) is 2. The lowest BCUT2D eigenvalue weighted by Gasteiger charge is -2.33. The fraction of sp³-hybridized carbons (Fsp3) is 0.0800. The molecule has 0 aliphatic carbocycles. The second-order valence-corrected chi connectivity index (χ2v) is 8.27. The molecule has 2 aliphatic heterocycles. The van der Waals surface area contributed by atoms with Crippen molar-refractivity contribution < 1.29 is 13.9 Å². The molecule has 2 aliphatic rings. The molecule has 6 nitrogen and oxygen atoms in total. The highest BCUT2D eigenvalue weighted by Crippen LogP contribution is 2.52. The van der Waals surface area contributed by atoms with Gasteiger partial charge in [-0.3, -0.25) is 9.97 Å². The third kappa shape index (κ3) is 3.12. The quantitative estimate of drug-likeness (QED) is 0.441. The van der Waals surface area contributed by atoms with Crippen molar-refractivity contribution in [1.29, 1.82) is 0 Å². The highest BCUT2D eigenvalue weighted by Gasteiger charge is 2.47. The zero-order valence-electron chi connectivity index (χ0n) is 17.1. The van der Waals surface area contributed by atoms with E-state index in [9.17, 15) is 4.39 Å². The average molecular weight is 459 g/mol. The van der Waals surface area contributed by atoms with E-state index in [2.05, 4.69) is 9.97 Å². The van der Waals surface area contributed by atoms with Crippen LogP contribution in [0.25, 0.3) is 22.4 Å². The number of nitrogens with two attached hydrogens (primary N) is 1. The van der Waals surface area contributed by atoms with Crippen LogP contribution in [0.1, 0.15) is 11.1 Å². The monoisotopic (exact) mass is 458 g/mol. The molecule has 162 valence electrons. The molecule has 2 aromatic carbocycles. The second-order valence-electron chi connectivity index (χ2n) is 7.84. The summed E-state index contributed by atoms with van der Waals surface area (Å²) in [4.78, 5) is 13.3. The van der Waals surface area contributed by atoms with Gasteiger partial charge in [-0.15, -0.1) is 0 Å². The van der Waals surface area contributed by atoms with Gasteiger partial charge in [-0.2, -0.15) is 0 Å². The first-order valence-electron chi connectivity index (χ1n) is 10.2. The molecule has 8 heteroatoms. The highest BCUT2D eigenvalue weighted by molar-refractivity contribution is 6.30. The van der Waals surface area contributed by atoms with Crippen molar-refractivity contribution in [2.24, 2.45) is 10.7 Å². The Hall–Kier alpha value is -3.97. The van der Waals surface area contributed by atoms with E-state index in [1.807, 2.05) is 24.3 Å². The first-order valence-corrected chi connectivity index (χ1v) is 10.6. The Balaban J connectivity index is 1.56. The van der Waals surface area contributed by atoms with Crippen molar-refractivity contribution >= 4 is 17.6 Å². The van der Waals surface area contributed by atoms with Gasteiger partial charge in [0, 0.05) is 39.7 Å². The SMILES string of the molecule is NC1=N[C@@]2(CO1)c1cc(-c3cc(Cl)ccc3F)ccc1Oc1cnc(-c3ccncc3)cc12. The number of nitrogens with zero attached hydrogens (tertiary/aromatic N) is 3. The van der Waals surface area contributed by atoms with Crippen LogP contribution in [0.4, 0.5) is 4.39 Å². The molecule has 0 bridgehead atoms. The van der Waals surface area contributed by atoms with Crippen LogP contribution in [-0.4, -0.2) is 22.6 Å². The van der Waals surface area contributed by atoms with Crippen molar-refractivity contribution in [3.63, 3.8) is 0 Å². The summed E-state index contributed by atoms with van der Waals surface area (Å²) >= 11 is 6.13. The summed E-state index contributed by atoms with van der Waals surface area (Å²) in [5.74, 6) is 0.763. The maximum atomic E-state index is 14.6. The van der Waals surface area contributed by atoms with E-state index in [4.69, 9.17) is 31.8 Å². The van der Waals surface area contributed by atoms with Crippen molar-refractivity contribution in [2.75, 3.05) is 6.61 Å². The van der Waals surface area contributed by atoms with E-state index < -0.39 is 5.54 Å². The number of amidine groups is 1. The summed E-state index contributed by atoms with van der Waals surface area (Å²) in [7, 11) is 0. The number of rotatable bonds is 2. The third-order valence-electron chi connectivity index (χ3n) is 5.90. The van der Waals surface area contributed by atoms with Crippen molar-refractivity contribution in [2.45, 2.75) is 5.54 Å². The van der Waals surface area contributed by atoms with E-state index in [0.717, 1.165) is 22.4 Å². The summed E-state index contributed by atoms with van der Waals surface area (Å²) < 4.78 is 26.4. The number of hydrogen-bond acceptors (Lipinski definition) is 6. The smallest absolute Gasteiger partial charge is 0.283 e. The van der Waals surface area contributed by atoms with Gasteiger partial charge >= 0.3 is 0 Å². The number of aliphatic imine (C=N–C) groups is 1. The van der Waals surface area contributed by atoms with Crippen LogP contribution in [-0.2, 0) is 10.3 Å². The molecule has 0 saturated heterocycles. The minimum absolute atomic E-state index is 0.0791. The second kappa shape index (κ2) is 7.28. The lowest BCUT2D eigenvalue weighted by Crippen LogP contribution is -2.31. The molecule has 0 fully saturated rings. The summed E-state index contributed by atoms with van der Waals surface area (Å²) in [6.07, 6.45) is 5.09. The molecule has 2 aromatic heterocycles. The number of aromatic nitrogens is 2. The van der Waals surface area contributed by atoms with Crippen LogP contribution in [0.5, 0.6) is 11.5 Å². The molecule has 4 aromatic rings. The zero-order valence-corrected chi connectivity index (χ0v) is 17.9. The molecule has 6 rings (SSSR count). The molecule has 2 N–H and O–H groups in total. The summed E-state index contributed by atoms with van der Waals surface area (Å²) in [5, 5.41) is 0.444. The molecule has 0 saturated carbocycles. The van der Waals surface area contributed by atoms with Gasteiger partial charge in [0.1, 0.15) is 18.2 Å². The van der Waals surface area contributed by atoms with Crippen molar-refractivity contribution in [3.05, 3.63) is 95.2 Å². The molecule has 1 atom stereocenters. The van der Waals surface area contributed by atoms with Gasteiger partial charge in [0.2, 0.25) is 0 Å². The molecule has 0 amide bonds. The lowest BCUT2D eigenvalue weighted by molar-refractivity contribution is 0.264. The normalized spacial score (nSPS) is 18.2. The maximum Gasteiger partial charge on any atom is 0.283 e. The molecule has 0 radical (unpaired) electrons.